The lowest BCUT2D eigenvalue weighted by Crippen LogP contribution is -2.50. The Morgan fingerprint density at radius 1 is 0.941 bits per heavy atom. The van der Waals surface area contributed by atoms with E-state index >= 15 is 0 Å². The number of carbonyl (C=O) groups excluding carboxylic acids is 1. The summed E-state index contributed by atoms with van der Waals surface area (Å²) >= 11 is 0. The fourth-order valence-electron chi connectivity index (χ4n) is 4.09. The van der Waals surface area contributed by atoms with Gasteiger partial charge in [-0.2, -0.15) is 0 Å². The zero-order valence-electron chi connectivity index (χ0n) is 18.5. The maximum Gasteiger partial charge on any atom is 0.365 e. The molecule has 0 saturated carbocycles. The highest BCUT2D eigenvalue weighted by Gasteiger charge is 2.34. The Hall–Kier alpha value is -4.52. The van der Waals surface area contributed by atoms with Crippen LogP contribution in [0.1, 0.15) is 22.5 Å². The van der Waals surface area contributed by atoms with Crippen LogP contribution < -0.4 is 20.0 Å². The summed E-state index contributed by atoms with van der Waals surface area (Å²) in [6, 6.07) is 25.2. The van der Waals surface area contributed by atoms with Crippen molar-refractivity contribution in [2.24, 2.45) is 5.10 Å². The van der Waals surface area contributed by atoms with Gasteiger partial charge in [-0.15, -0.1) is 0 Å². The van der Waals surface area contributed by atoms with E-state index in [4.69, 9.17) is 4.74 Å². The molecule has 0 spiro atoms. The van der Waals surface area contributed by atoms with E-state index < -0.39 is 11.4 Å². The monoisotopic (exact) mass is 451 g/mol. The van der Waals surface area contributed by atoms with Gasteiger partial charge in [-0.1, -0.05) is 70.4 Å². The normalized spacial score (nSPS) is 12.7. The van der Waals surface area contributed by atoms with Gasteiger partial charge in [0.25, 0.3) is 5.82 Å². The average molecular weight is 451 g/mol. The molecule has 0 fully saturated rings. The molecule has 4 aromatic rings. The van der Waals surface area contributed by atoms with Crippen molar-refractivity contribution in [1.29, 1.82) is 0 Å². The highest BCUT2D eigenvalue weighted by molar-refractivity contribution is 6.46. The summed E-state index contributed by atoms with van der Waals surface area (Å²) < 4.78 is 7.84. The zero-order chi connectivity index (χ0) is 23.7. The molecule has 34 heavy (non-hydrogen) atoms. The van der Waals surface area contributed by atoms with E-state index in [0.717, 1.165) is 5.56 Å². The summed E-state index contributed by atoms with van der Waals surface area (Å²) in [5, 5.41) is 18.1. The Morgan fingerprint density at radius 2 is 1.59 bits per heavy atom. The van der Waals surface area contributed by atoms with Crippen LogP contribution in [-0.4, -0.2) is 23.3 Å². The number of aromatic nitrogens is 2. The van der Waals surface area contributed by atoms with Gasteiger partial charge in [0.15, 0.2) is 11.5 Å². The fraction of sp³-hybridized carbons (Fsp3) is 0.111. The molecule has 0 unspecified atom stereocenters. The zero-order valence-corrected chi connectivity index (χ0v) is 18.5. The first-order valence-electron chi connectivity index (χ1n) is 10.8. The molecule has 7 heteroatoms. The summed E-state index contributed by atoms with van der Waals surface area (Å²) in [6.45, 7) is 0. The Morgan fingerprint density at radius 3 is 2.24 bits per heavy atom. The van der Waals surface area contributed by atoms with E-state index in [9.17, 15) is 14.7 Å². The van der Waals surface area contributed by atoms with Crippen LogP contribution in [0.5, 0.6) is 11.6 Å². The van der Waals surface area contributed by atoms with Gasteiger partial charge in [-0.05, 0) is 29.8 Å². The lowest BCUT2D eigenvalue weighted by molar-refractivity contribution is -0.662. The largest absolute Gasteiger partial charge is 0.842 e. The minimum Gasteiger partial charge on any atom is -0.842 e. The predicted octanol–water partition coefficient (Wildman–Crippen LogP) is 2.18. The van der Waals surface area contributed by atoms with Crippen molar-refractivity contribution < 1.29 is 19.2 Å². The van der Waals surface area contributed by atoms with E-state index in [0.29, 0.717) is 17.0 Å². The van der Waals surface area contributed by atoms with Gasteiger partial charge in [0.1, 0.15) is 17.9 Å². The van der Waals surface area contributed by atoms with Crippen LogP contribution in [0.4, 0.5) is 0 Å². The molecule has 0 radical (unpaired) electrons. The Bertz CT molecular complexity index is 1460. The lowest BCUT2D eigenvalue weighted by Gasteiger charge is -2.21. The molecule has 1 aromatic heterocycles. The Balaban J connectivity index is 1.77. The summed E-state index contributed by atoms with van der Waals surface area (Å²) in [5.74, 6) is 0.130. The maximum absolute atomic E-state index is 13.6. The number of rotatable bonds is 5. The molecule has 0 aliphatic carbocycles. The van der Waals surface area contributed by atoms with Crippen LogP contribution in [0.3, 0.4) is 0 Å². The summed E-state index contributed by atoms with van der Waals surface area (Å²) in [6.07, 6.45) is 0.0227. The van der Waals surface area contributed by atoms with Crippen LogP contribution in [0, 0.1) is 0 Å². The highest BCUT2D eigenvalue weighted by Crippen LogP contribution is 2.20. The number of ether oxygens (including phenoxy) is 1. The number of benzene rings is 3. The Kier molecular flexibility index (Phi) is 5.51. The number of methoxy groups -OCH3 is 1. The molecular weight excluding hydrogens is 430 g/mol. The smallest absolute Gasteiger partial charge is 0.365 e. The van der Waals surface area contributed by atoms with E-state index in [2.05, 4.69) is 5.10 Å². The van der Waals surface area contributed by atoms with E-state index in [1.807, 2.05) is 48.5 Å². The second-order valence-corrected chi connectivity index (χ2v) is 7.93. The first-order valence-corrected chi connectivity index (χ1v) is 10.8. The van der Waals surface area contributed by atoms with Crippen molar-refractivity contribution in [1.82, 2.24) is 4.68 Å². The van der Waals surface area contributed by atoms with Crippen molar-refractivity contribution in [3.63, 3.8) is 0 Å². The summed E-state index contributed by atoms with van der Waals surface area (Å²) in [5.41, 5.74) is 1.73. The number of carbonyl (C=O) groups is 1. The molecule has 0 N–H and O–H groups in total. The van der Waals surface area contributed by atoms with Crippen LogP contribution in [-0.2, 0) is 17.6 Å². The number of nitrogens with zero attached hydrogens (tertiary/aromatic N) is 3. The third-order valence-electron chi connectivity index (χ3n) is 5.80. The van der Waals surface area contributed by atoms with Crippen LogP contribution >= 0.6 is 0 Å². The topological polar surface area (TPSA) is 87.6 Å². The average Bonchev–Trinajstić information content (AvgIpc) is 2.88. The van der Waals surface area contributed by atoms with Crippen LogP contribution in [0.15, 0.2) is 94.8 Å². The third kappa shape index (κ3) is 3.77. The minimum absolute atomic E-state index is 0.0799. The predicted molar refractivity (Wildman–Crippen MR) is 125 cm³/mol. The van der Waals surface area contributed by atoms with Crippen LogP contribution in [0.2, 0.25) is 0 Å². The van der Waals surface area contributed by atoms with E-state index in [-0.39, 0.29) is 35.7 Å². The van der Waals surface area contributed by atoms with Gasteiger partial charge >= 0.3 is 5.56 Å². The molecule has 3 aromatic carbocycles. The first-order chi connectivity index (χ1) is 16.6. The molecular formula is C27H21N3O4. The van der Waals surface area contributed by atoms with Gasteiger partial charge in [-0.3, -0.25) is 4.79 Å². The quantitative estimate of drug-likeness (QED) is 0.435. The van der Waals surface area contributed by atoms with Crippen molar-refractivity contribution in [3.05, 3.63) is 118 Å². The summed E-state index contributed by atoms with van der Waals surface area (Å²) in [7, 11) is 1.56. The number of hydrogen-bond donors (Lipinski definition) is 0. The number of hydrogen-bond acceptors (Lipinski definition) is 5. The number of fused-ring (bicyclic) bond motifs is 1. The molecule has 2 heterocycles. The van der Waals surface area contributed by atoms with Crippen molar-refractivity contribution >= 4 is 11.5 Å². The van der Waals surface area contributed by atoms with Gasteiger partial charge in [-0.25, -0.2) is 9.36 Å². The number of Topliss-reactive ketones (excluding diaryl/α,β-unsaturated/α-hetero) is 1. The van der Waals surface area contributed by atoms with Crippen molar-refractivity contribution in [2.45, 2.75) is 12.8 Å². The minimum atomic E-state index is -0.519. The SMILES string of the molecule is COc1ccc(-[n+]2c([O-])c(Cc3ccccc3)c(=O)n3c2CC(=O)C(c2ccccc2)=N3)cc1. The molecule has 0 saturated heterocycles. The molecule has 7 nitrogen and oxygen atoms in total. The van der Waals surface area contributed by atoms with Gasteiger partial charge < -0.3 is 9.84 Å². The first kappa shape index (κ1) is 21.3. The van der Waals surface area contributed by atoms with Gasteiger partial charge in [0.2, 0.25) is 0 Å². The molecule has 1 aliphatic rings. The fourth-order valence-corrected chi connectivity index (χ4v) is 4.09. The third-order valence-corrected chi connectivity index (χ3v) is 5.80. The highest BCUT2D eigenvalue weighted by atomic mass is 16.5. The van der Waals surface area contributed by atoms with E-state index in [1.54, 1.807) is 43.5 Å². The maximum atomic E-state index is 13.6. The molecule has 0 bridgehead atoms. The number of ketones is 1. The van der Waals surface area contributed by atoms with Crippen molar-refractivity contribution in [3.8, 4) is 17.3 Å². The van der Waals surface area contributed by atoms with Crippen LogP contribution in [0.25, 0.3) is 5.69 Å². The van der Waals surface area contributed by atoms with Gasteiger partial charge in [0.05, 0.1) is 18.6 Å². The van der Waals surface area contributed by atoms with E-state index in [1.165, 1.54) is 9.24 Å². The summed E-state index contributed by atoms with van der Waals surface area (Å²) in [4.78, 5) is 26.6. The van der Waals surface area contributed by atoms with Gasteiger partial charge in [0, 0.05) is 12.0 Å². The molecule has 5 rings (SSSR count). The standard InChI is InChI=1S/C27H21N3O4/c1-34-21-14-12-20(13-15-21)29-24-17-23(31)25(19-10-6-3-7-11-19)28-30(24)27(33)22(26(29)32)16-18-8-4-2-5-9-18/h2-15H,16-17H2,1H3. The molecule has 1 aliphatic heterocycles. The molecule has 0 atom stereocenters. The van der Waals surface area contributed by atoms with Crippen molar-refractivity contribution in [2.75, 3.05) is 7.11 Å². The second-order valence-electron chi connectivity index (χ2n) is 7.93. The lowest BCUT2D eigenvalue weighted by atomic mass is 10.0. The second kappa shape index (κ2) is 8.78. The Labute approximate surface area is 195 Å². The molecule has 168 valence electrons. The molecule has 0 amide bonds.